The van der Waals surface area contributed by atoms with Gasteiger partial charge in [0.05, 0.1) is 0 Å². The van der Waals surface area contributed by atoms with Crippen LogP contribution < -0.4 is 10.4 Å². The van der Waals surface area contributed by atoms with E-state index in [0.717, 1.165) is 6.42 Å². The lowest BCUT2D eigenvalue weighted by Crippen LogP contribution is -2.61. The van der Waals surface area contributed by atoms with Gasteiger partial charge in [-0.2, -0.15) is 0 Å². The number of hydrogen-bond donors (Lipinski definition) is 0. The van der Waals surface area contributed by atoms with Crippen molar-refractivity contribution in [2.75, 3.05) is 6.61 Å². The van der Waals surface area contributed by atoms with Gasteiger partial charge in [-0.15, -0.1) is 6.58 Å². The predicted molar refractivity (Wildman–Crippen MR) is 118 cm³/mol. The molecular weight excluding hydrogens is 344 g/mol. The molecule has 2 heteroatoms. The van der Waals surface area contributed by atoms with Crippen molar-refractivity contribution in [3.8, 4) is 0 Å². The number of aryl methyl sites for hydroxylation is 3. The van der Waals surface area contributed by atoms with Gasteiger partial charge in [-0.3, -0.25) is 0 Å². The van der Waals surface area contributed by atoms with E-state index in [4.69, 9.17) is 4.43 Å². The van der Waals surface area contributed by atoms with Crippen LogP contribution in [0.5, 0.6) is 0 Å². The van der Waals surface area contributed by atoms with Gasteiger partial charge in [0.1, 0.15) is 0 Å². The summed E-state index contributed by atoms with van der Waals surface area (Å²) in [6, 6.07) is 25.7. The molecule has 0 N–H and O–H groups in total. The molecule has 0 atom stereocenters. The van der Waals surface area contributed by atoms with Gasteiger partial charge in [-0.05, 0) is 59.8 Å². The first-order valence-electron chi connectivity index (χ1n) is 9.53. The second-order valence-corrected chi connectivity index (χ2v) is 10.3. The van der Waals surface area contributed by atoms with Crippen molar-refractivity contribution in [3.63, 3.8) is 0 Å². The maximum Gasteiger partial charge on any atom is 0.280 e. The Morgan fingerprint density at radius 1 is 0.741 bits per heavy atom. The Balaban J connectivity index is 2.00. The summed E-state index contributed by atoms with van der Waals surface area (Å²) < 4.78 is 6.79. The molecule has 0 aliphatic carbocycles. The fourth-order valence-corrected chi connectivity index (χ4v) is 7.38. The van der Waals surface area contributed by atoms with E-state index in [1.165, 1.54) is 32.6 Å². The first kappa shape index (κ1) is 19.3. The Labute approximate surface area is 164 Å². The van der Waals surface area contributed by atoms with Crippen molar-refractivity contribution in [3.05, 3.63) is 107 Å². The van der Waals surface area contributed by atoms with E-state index in [2.05, 4.69) is 106 Å². The fraction of sp³-hybridized carbons (Fsp3) is 0.200. The summed E-state index contributed by atoms with van der Waals surface area (Å²) in [5.74, 6) is 0. The van der Waals surface area contributed by atoms with Gasteiger partial charge in [0.15, 0.2) is 0 Å². The summed E-state index contributed by atoms with van der Waals surface area (Å²) >= 11 is 0. The van der Waals surface area contributed by atoms with Crippen LogP contribution in [0.4, 0.5) is 0 Å². The molecule has 0 saturated carbocycles. The molecule has 0 bridgehead atoms. The van der Waals surface area contributed by atoms with Gasteiger partial charge in [0, 0.05) is 6.61 Å². The molecule has 27 heavy (non-hydrogen) atoms. The molecule has 0 saturated heterocycles. The lowest BCUT2D eigenvalue weighted by atomic mass is 10.1. The average Bonchev–Trinajstić information content (AvgIpc) is 2.68. The number of hydrogen-bond acceptors (Lipinski definition) is 1. The largest absolute Gasteiger partial charge is 0.404 e. The smallest absolute Gasteiger partial charge is 0.280 e. The minimum absolute atomic E-state index is 0.686. The Morgan fingerprint density at radius 3 is 1.70 bits per heavy atom. The normalized spacial score (nSPS) is 11.4. The van der Waals surface area contributed by atoms with Crippen LogP contribution in [0.3, 0.4) is 0 Å². The monoisotopic (exact) mass is 372 g/mol. The summed E-state index contributed by atoms with van der Waals surface area (Å²) in [5, 5.41) is 2.58. The van der Waals surface area contributed by atoms with E-state index >= 15 is 0 Å². The van der Waals surface area contributed by atoms with Gasteiger partial charge in [-0.25, -0.2) is 0 Å². The Bertz CT molecular complexity index is 883. The molecule has 3 aromatic rings. The van der Waals surface area contributed by atoms with E-state index in [1.54, 1.807) is 0 Å². The molecule has 0 amide bonds. The molecule has 138 valence electrons. The quantitative estimate of drug-likeness (QED) is 0.548. The number of rotatable bonds is 7. The van der Waals surface area contributed by atoms with Gasteiger partial charge in [0.25, 0.3) is 8.32 Å². The standard InChI is InChI=1S/C25H28OSi/c1-5-27(24-16-10-7-13-21(24)3,25-17-11-8-14-22(25)4)26-19-18-23-15-9-6-12-20(23)2/h5-17H,1,18-19H2,2-4H3. The third-order valence-electron chi connectivity index (χ3n) is 5.34. The van der Waals surface area contributed by atoms with E-state index in [1.807, 2.05) is 0 Å². The first-order chi connectivity index (χ1) is 13.1. The highest BCUT2D eigenvalue weighted by molar-refractivity contribution is 7.01. The highest BCUT2D eigenvalue weighted by Crippen LogP contribution is 2.16. The van der Waals surface area contributed by atoms with Crippen LogP contribution in [0.15, 0.2) is 85.1 Å². The van der Waals surface area contributed by atoms with Crippen molar-refractivity contribution in [2.24, 2.45) is 0 Å². The second kappa shape index (κ2) is 8.51. The summed E-state index contributed by atoms with van der Waals surface area (Å²) in [6.07, 6.45) is 0.910. The zero-order valence-electron chi connectivity index (χ0n) is 16.5. The Hall–Kier alpha value is -2.42. The van der Waals surface area contributed by atoms with Crippen molar-refractivity contribution in [1.29, 1.82) is 0 Å². The zero-order valence-corrected chi connectivity index (χ0v) is 17.5. The van der Waals surface area contributed by atoms with E-state index in [9.17, 15) is 0 Å². The average molecular weight is 373 g/mol. The molecule has 0 unspecified atom stereocenters. The molecule has 0 aromatic heterocycles. The maximum atomic E-state index is 6.79. The minimum Gasteiger partial charge on any atom is -0.404 e. The maximum absolute atomic E-state index is 6.79. The Kier molecular flexibility index (Phi) is 6.10. The van der Waals surface area contributed by atoms with Crippen LogP contribution in [-0.2, 0) is 10.8 Å². The molecule has 0 spiro atoms. The third kappa shape index (κ3) is 3.97. The summed E-state index contributed by atoms with van der Waals surface area (Å²) in [4.78, 5) is 0. The molecule has 0 aliphatic rings. The van der Waals surface area contributed by atoms with E-state index < -0.39 is 8.32 Å². The Morgan fingerprint density at radius 2 is 1.22 bits per heavy atom. The molecule has 0 aliphatic heterocycles. The van der Waals surface area contributed by atoms with Crippen LogP contribution in [0.2, 0.25) is 0 Å². The lowest BCUT2D eigenvalue weighted by Gasteiger charge is -2.32. The van der Waals surface area contributed by atoms with Gasteiger partial charge >= 0.3 is 0 Å². The topological polar surface area (TPSA) is 9.23 Å². The van der Waals surface area contributed by atoms with Gasteiger partial charge in [0.2, 0.25) is 0 Å². The SMILES string of the molecule is C=C[Si](OCCc1ccccc1C)(c1ccccc1C)c1ccccc1C. The molecular formula is C25H28OSi. The van der Waals surface area contributed by atoms with Crippen LogP contribution in [-0.4, -0.2) is 14.9 Å². The van der Waals surface area contributed by atoms with Gasteiger partial charge < -0.3 is 4.43 Å². The zero-order chi connectivity index (χ0) is 19.3. The second-order valence-electron chi connectivity index (χ2n) is 7.09. The minimum atomic E-state index is -2.52. The number of benzene rings is 3. The molecule has 1 nitrogen and oxygen atoms in total. The van der Waals surface area contributed by atoms with Crippen LogP contribution in [0, 0.1) is 20.8 Å². The summed E-state index contributed by atoms with van der Waals surface area (Å²) in [7, 11) is -2.52. The lowest BCUT2D eigenvalue weighted by molar-refractivity contribution is 0.327. The first-order valence-corrected chi connectivity index (χ1v) is 11.5. The van der Waals surface area contributed by atoms with Crippen molar-refractivity contribution < 1.29 is 4.43 Å². The van der Waals surface area contributed by atoms with Crippen molar-refractivity contribution in [1.82, 2.24) is 0 Å². The predicted octanol–water partition coefficient (Wildman–Crippen LogP) is 4.66. The molecule has 0 heterocycles. The van der Waals surface area contributed by atoms with Crippen molar-refractivity contribution >= 4 is 18.7 Å². The van der Waals surface area contributed by atoms with Crippen molar-refractivity contribution in [2.45, 2.75) is 27.2 Å². The molecule has 0 fully saturated rings. The van der Waals surface area contributed by atoms with E-state index in [0.29, 0.717) is 6.61 Å². The molecule has 0 radical (unpaired) electrons. The highest BCUT2D eigenvalue weighted by Gasteiger charge is 2.38. The summed E-state index contributed by atoms with van der Waals surface area (Å²) in [6.45, 7) is 11.4. The molecule has 3 rings (SSSR count). The highest BCUT2D eigenvalue weighted by atomic mass is 28.4. The summed E-state index contributed by atoms with van der Waals surface area (Å²) in [5.41, 5.74) is 7.29. The fourth-order valence-electron chi connectivity index (χ4n) is 3.77. The van der Waals surface area contributed by atoms with Crippen LogP contribution in [0.25, 0.3) is 0 Å². The van der Waals surface area contributed by atoms with Gasteiger partial charge in [-0.1, -0.05) is 78.5 Å². The third-order valence-corrected chi connectivity index (χ3v) is 9.30. The van der Waals surface area contributed by atoms with Crippen LogP contribution in [0.1, 0.15) is 22.3 Å². The van der Waals surface area contributed by atoms with E-state index in [-0.39, 0.29) is 0 Å². The van der Waals surface area contributed by atoms with Crippen LogP contribution >= 0.6 is 0 Å². The molecule has 3 aromatic carbocycles.